The maximum Gasteiger partial charge on any atom is 0.257 e. The molecule has 0 spiro atoms. The maximum absolute atomic E-state index is 13.0. The number of benzene rings is 1. The predicted octanol–water partition coefficient (Wildman–Crippen LogP) is 1.58. The number of ether oxygens (including phenoxy) is 1. The zero-order chi connectivity index (χ0) is 16.4. The summed E-state index contributed by atoms with van der Waals surface area (Å²) in [5.41, 5.74) is 1.16. The number of aromatic nitrogens is 2. The molecule has 1 N–H and O–H groups in total. The van der Waals surface area contributed by atoms with Crippen molar-refractivity contribution in [2.45, 2.75) is 19.6 Å². The fourth-order valence-electron chi connectivity index (χ4n) is 2.65. The van der Waals surface area contributed by atoms with Crippen LogP contribution in [-0.4, -0.2) is 51.5 Å². The number of amides is 1. The number of hydrogen-bond acceptors (Lipinski definition) is 4. The van der Waals surface area contributed by atoms with Crippen LogP contribution < -0.4 is 0 Å². The summed E-state index contributed by atoms with van der Waals surface area (Å²) in [5, 5.41) is 14.0. The van der Waals surface area contributed by atoms with Crippen LogP contribution in [0.3, 0.4) is 0 Å². The summed E-state index contributed by atoms with van der Waals surface area (Å²) in [7, 11) is 0. The zero-order valence-corrected chi connectivity index (χ0v) is 12.8. The minimum Gasteiger partial charge on any atom is -0.507 e. The summed E-state index contributed by atoms with van der Waals surface area (Å²) in [5.74, 6) is -1.25. The first-order valence-corrected chi connectivity index (χ1v) is 7.41. The van der Waals surface area contributed by atoms with E-state index < -0.39 is 5.82 Å². The van der Waals surface area contributed by atoms with Crippen LogP contribution in [0, 0.1) is 12.7 Å². The van der Waals surface area contributed by atoms with Crippen LogP contribution in [0.2, 0.25) is 0 Å². The first kappa shape index (κ1) is 15.5. The lowest BCUT2D eigenvalue weighted by Gasteiger charge is -2.33. The number of phenols is 1. The van der Waals surface area contributed by atoms with Crippen molar-refractivity contribution in [3.05, 3.63) is 47.5 Å². The quantitative estimate of drug-likeness (QED) is 0.933. The molecule has 1 aliphatic heterocycles. The van der Waals surface area contributed by atoms with Gasteiger partial charge < -0.3 is 14.7 Å². The monoisotopic (exact) mass is 319 g/mol. The second-order valence-electron chi connectivity index (χ2n) is 5.65. The summed E-state index contributed by atoms with van der Waals surface area (Å²) in [6.45, 7) is 3.75. The molecule has 0 radical (unpaired) electrons. The van der Waals surface area contributed by atoms with E-state index in [0.717, 1.165) is 17.7 Å². The van der Waals surface area contributed by atoms with Crippen molar-refractivity contribution in [3.63, 3.8) is 0 Å². The summed E-state index contributed by atoms with van der Waals surface area (Å²) < 4.78 is 20.5. The van der Waals surface area contributed by atoms with Crippen LogP contribution in [0.25, 0.3) is 0 Å². The van der Waals surface area contributed by atoms with Gasteiger partial charge in [0.15, 0.2) is 0 Å². The number of carbonyl (C=O) groups excluding carboxylic acids is 1. The van der Waals surface area contributed by atoms with Crippen molar-refractivity contribution >= 4 is 5.91 Å². The Balaban J connectivity index is 1.69. The van der Waals surface area contributed by atoms with Gasteiger partial charge in [-0.3, -0.25) is 9.48 Å². The van der Waals surface area contributed by atoms with Crippen LogP contribution in [-0.2, 0) is 11.3 Å². The van der Waals surface area contributed by atoms with Gasteiger partial charge in [-0.1, -0.05) is 0 Å². The van der Waals surface area contributed by atoms with Gasteiger partial charge in [-0.15, -0.1) is 0 Å². The Morgan fingerprint density at radius 3 is 3.04 bits per heavy atom. The molecule has 0 saturated carbocycles. The standard InChI is InChI=1S/C16H18FN3O3/c1-11-7-18-20(8-11)10-13-9-19(4-5-23-13)16(22)14-3-2-12(17)6-15(14)21/h2-3,6-8,13,21H,4-5,9-10H2,1H3. The third-order valence-corrected chi connectivity index (χ3v) is 3.77. The van der Waals surface area contributed by atoms with E-state index in [1.165, 1.54) is 6.07 Å². The van der Waals surface area contributed by atoms with E-state index in [1.54, 1.807) is 15.8 Å². The average Bonchev–Trinajstić information content (AvgIpc) is 2.92. The molecule has 6 nitrogen and oxygen atoms in total. The zero-order valence-electron chi connectivity index (χ0n) is 12.8. The summed E-state index contributed by atoms with van der Waals surface area (Å²) in [6, 6.07) is 3.41. The molecule has 1 amide bonds. The highest BCUT2D eigenvalue weighted by atomic mass is 19.1. The summed E-state index contributed by atoms with van der Waals surface area (Å²) in [6.07, 6.45) is 3.51. The van der Waals surface area contributed by atoms with Crippen molar-refractivity contribution in [3.8, 4) is 5.75 Å². The molecule has 2 heterocycles. The van der Waals surface area contributed by atoms with Crippen LogP contribution in [0.5, 0.6) is 5.75 Å². The molecule has 3 rings (SSSR count). The summed E-state index contributed by atoms with van der Waals surface area (Å²) in [4.78, 5) is 14.1. The van der Waals surface area contributed by atoms with Crippen LogP contribution >= 0.6 is 0 Å². The van der Waals surface area contributed by atoms with Crippen molar-refractivity contribution in [1.29, 1.82) is 0 Å². The number of halogens is 1. The van der Waals surface area contributed by atoms with E-state index in [4.69, 9.17) is 4.74 Å². The fraction of sp³-hybridized carbons (Fsp3) is 0.375. The second kappa shape index (κ2) is 6.37. The minimum absolute atomic E-state index is 0.0991. The number of morpholine rings is 1. The smallest absolute Gasteiger partial charge is 0.257 e. The van der Waals surface area contributed by atoms with Crippen molar-refractivity contribution < 1.29 is 19.0 Å². The number of rotatable bonds is 3. The largest absolute Gasteiger partial charge is 0.507 e. The molecule has 1 aliphatic rings. The fourth-order valence-corrected chi connectivity index (χ4v) is 2.65. The van der Waals surface area contributed by atoms with Gasteiger partial charge in [-0.25, -0.2) is 4.39 Å². The van der Waals surface area contributed by atoms with Crippen molar-refractivity contribution in [1.82, 2.24) is 14.7 Å². The SMILES string of the molecule is Cc1cnn(CC2CN(C(=O)c3ccc(F)cc3O)CCO2)c1. The van der Waals surface area contributed by atoms with Gasteiger partial charge in [0.25, 0.3) is 5.91 Å². The van der Waals surface area contributed by atoms with E-state index in [1.807, 2.05) is 13.1 Å². The molecule has 2 aromatic rings. The lowest BCUT2D eigenvalue weighted by atomic mass is 10.1. The van der Waals surface area contributed by atoms with E-state index in [-0.39, 0.29) is 23.3 Å². The number of aryl methyl sites for hydroxylation is 1. The Kier molecular flexibility index (Phi) is 4.29. The van der Waals surface area contributed by atoms with Crippen LogP contribution in [0.1, 0.15) is 15.9 Å². The predicted molar refractivity (Wildman–Crippen MR) is 80.7 cm³/mol. The molecule has 1 atom stereocenters. The Bertz CT molecular complexity index is 716. The van der Waals surface area contributed by atoms with Crippen molar-refractivity contribution in [2.24, 2.45) is 0 Å². The number of hydrogen-bond donors (Lipinski definition) is 1. The highest BCUT2D eigenvalue weighted by Gasteiger charge is 2.27. The average molecular weight is 319 g/mol. The molecule has 1 aromatic carbocycles. The molecule has 122 valence electrons. The highest BCUT2D eigenvalue weighted by molar-refractivity contribution is 5.96. The first-order valence-electron chi connectivity index (χ1n) is 7.41. The molecule has 0 aliphatic carbocycles. The van der Waals surface area contributed by atoms with Crippen LogP contribution in [0.4, 0.5) is 4.39 Å². The molecule has 1 fully saturated rings. The molecule has 7 heteroatoms. The Hall–Kier alpha value is -2.41. The molecular formula is C16H18FN3O3. The molecule has 1 aromatic heterocycles. The van der Waals surface area contributed by atoms with Crippen LogP contribution in [0.15, 0.2) is 30.6 Å². The van der Waals surface area contributed by atoms with Gasteiger partial charge in [-0.2, -0.15) is 5.10 Å². The number of aromatic hydroxyl groups is 1. The molecule has 0 bridgehead atoms. The topological polar surface area (TPSA) is 67.6 Å². The van der Waals surface area contributed by atoms with Gasteiger partial charge in [0, 0.05) is 25.4 Å². The lowest BCUT2D eigenvalue weighted by molar-refractivity contribution is -0.0300. The molecule has 1 saturated heterocycles. The number of nitrogens with zero attached hydrogens (tertiary/aromatic N) is 3. The molecule has 23 heavy (non-hydrogen) atoms. The molecule has 1 unspecified atom stereocenters. The maximum atomic E-state index is 13.0. The minimum atomic E-state index is -0.576. The van der Waals surface area contributed by atoms with E-state index in [2.05, 4.69) is 5.10 Å². The third-order valence-electron chi connectivity index (χ3n) is 3.77. The Morgan fingerprint density at radius 2 is 2.35 bits per heavy atom. The normalized spacial score (nSPS) is 18.2. The number of phenolic OH excluding ortho intramolecular Hbond substituents is 1. The van der Waals surface area contributed by atoms with Gasteiger partial charge in [-0.05, 0) is 24.6 Å². The van der Waals surface area contributed by atoms with Gasteiger partial charge >= 0.3 is 0 Å². The summed E-state index contributed by atoms with van der Waals surface area (Å²) >= 11 is 0. The highest BCUT2D eigenvalue weighted by Crippen LogP contribution is 2.21. The molecular weight excluding hydrogens is 301 g/mol. The Labute approximate surface area is 133 Å². The van der Waals surface area contributed by atoms with Crippen molar-refractivity contribution in [2.75, 3.05) is 19.7 Å². The number of carbonyl (C=O) groups is 1. The third kappa shape index (κ3) is 3.50. The first-order chi connectivity index (χ1) is 11.0. The van der Waals surface area contributed by atoms with Gasteiger partial charge in [0.2, 0.25) is 0 Å². The second-order valence-corrected chi connectivity index (χ2v) is 5.65. The van der Waals surface area contributed by atoms with E-state index >= 15 is 0 Å². The lowest BCUT2D eigenvalue weighted by Crippen LogP contribution is -2.47. The van der Waals surface area contributed by atoms with E-state index in [9.17, 15) is 14.3 Å². The van der Waals surface area contributed by atoms with Gasteiger partial charge in [0.1, 0.15) is 11.6 Å². The van der Waals surface area contributed by atoms with Gasteiger partial charge in [0.05, 0.1) is 31.0 Å². The Morgan fingerprint density at radius 1 is 1.52 bits per heavy atom. The van der Waals surface area contributed by atoms with E-state index in [0.29, 0.717) is 26.2 Å².